The minimum atomic E-state index is -4.50. The van der Waals surface area contributed by atoms with Gasteiger partial charge in [-0.1, -0.05) is 95.6 Å². The summed E-state index contributed by atoms with van der Waals surface area (Å²) in [6, 6.07) is 29.4. The van der Waals surface area contributed by atoms with Gasteiger partial charge in [-0.05, 0) is 53.6 Å². The van der Waals surface area contributed by atoms with Gasteiger partial charge in [-0.3, -0.25) is 4.57 Å². The van der Waals surface area contributed by atoms with Gasteiger partial charge >= 0.3 is 6.18 Å². The number of benzene rings is 4. The van der Waals surface area contributed by atoms with Crippen molar-refractivity contribution in [3.05, 3.63) is 130 Å². The fraction of sp³-hybridized carbons (Fsp3) is 0.0714. The molecule has 186 valence electrons. The average molecular weight is 556 g/mol. The van der Waals surface area contributed by atoms with E-state index >= 15 is 0 Å². The molecule has 0 saturated heterocycles. The Morgan fingerprint density at radius 1 is 0.730 bits per heavy atom. The Kier molecular flexibility index (Phi) is 7.29. The molecule has 37 heavy (non-hydrogen) atoms. The summed E-state index contributed by atoms with van der Waals surface area (Å²) in [4.78, 5) is 0. The summed E-state index contributed by atoms with van der Waals surface area (Å²) in [5, 5.41) is 10.00. The zero-order valence-electron chi connectivity index (χ0n) is 19.0. The topological polar surface area (TPSA) is 30.7 Å². The zero-order valence-corrected chi connectivity index (χ0v) is 21.4. The number of hydrogen-bond acceptors (Lipinski definition) is 3. The Morgan fingerprint density at radius 3 is 2.11 bits per heavy atom. The molecule has 0 aliphatic heterocycles. The van der Waals surface area contributed by atoms with Crippen LogP contribution in [0, 0.1) is 0 Å². The SMILES string of the molecule is FC(F)(F)c1cccc(-n2c(SC(c3ccccc3)c3ccc(Cl)cc3)nnc2-c2ccccc2Cl)c1. The molecule has 0 aliphatic carbocycles. The monoisotopic (exact) mass is 555 g/mol. The predicted molar refractivity (Wildman–Crippen MR) is 142 cm³/mol. The first-order valence-corrected chi connectivity index (χ1v) is 12.8. The second-order valence-corrected chi connectivity index (χ2v) is 10.0. The van der Waals surface area contributed by atoms with E-state index in [1.54, 1.807) is 47.0 Å². The number of halogens is 5. The molecular formula is C28H18Cl2F3N3S. The molecule has 5 aromatic rings. The van der Waals surface area contributed by atoms with Gasteiger partial charge in [0.05, 0.1) is 21.5 Å². The maximum Gasteiger partial charge on any atom is 0.416 e. The number of hydrogen-bond donors (Lipinski definition) is 0. The van der Waals surface area contributed by atoms with Gasteiger partial charge < -0.3 is 0 Å². The Bertz CT molecular complexity index is 1520. The molecule has 1 heterocycles. The first-order chi connectivity index (χ1) is 17.8. The van der Waals surface area contributed by atoms with Crippen molar-refractivity contribution in [3.63, 3.8) is 0 Å². The Morgan fingerprint density at radius 2 is 1.41 bits per heavy atom. The van der Waals surface area contributed by atoms with Gasteiger partial charge in [0, 0.05) is 10.6 Å². The van der Waals surface area contributed by atoms with Crippen molar-refractivity contribution in [2.24, 2.45) is 0 Å². The number of alkyl halides is 3. The number of nitrogens with zero attached hydrogens (tertiary/aromatic N) is 3. The molecule has 1 unspecified atom stereocenters. The van der Waals surface area contributed by atoms with Crippen molar-refractivity contribution in [2.75, 3.05) is 0 Å². The van der Waals surface area contributed by atoms with Crippen molar-refractivity contribution in [1.29, 1.82) is 0 Å². The largest absolute Gasteiger partial charge is 0.416 e. The molecule has 0 radical (unpaired) electrons. The Labute approximate surface area is 225 Å². The predicted octanol–water partition coefficient (Wildman–Crippen LogP) is 9.14. The molecule has 0 saturated carbocycles. The first-order valence-electron chi connectivity index (χ1n) is 11.2. The molecule has 1 atom stereocenters. The smallest absolute Gasteiger partial charge is 0.270 e. The van der Waals surface area contributed by atoms with Crippen LogP contribution in [-0.4, -0.2) is 14.8 Å². The summed E-state index contributed by atoms with van der Waals surface area (Å²) in [6.07, 6.45) is -4.50. The second-order valence-electron chi connectivity index (χ2n) is 8.13. The highest BCUT2D eigenvalue weighted by Crippen LogP contribution is 2.43. The minimum Gasteiger partial charge on any atom is -0.270 e. The van der Waals surface area contributed by atoms with Gasteiger partial charge in [-0.15, -0.1) is 10.2 Å². The maximum absolute atomic E-state index is 13.6. The van der Waals surface area contributed by atoms with Crippen molar-refractivity contribution in [2.45, 2.75) is 16.6 Å². The minimum absolute atomic E-state index is 0.230. The molecule has 4 aromatic carbocycles. The molecule has 5 rings (SSSR count). The van der Waals surface area contributed by atoms with Gasteiger partial charge in [0.15, 0.2) is 11.0 Å². The van der Waals surface area contributed by atoms with Crippen LogP contribution in [0.25, 0.3) is 17.1 Å². The van der Waals surface area contributed by atoms with Gasteiger partial charge in [0.25, 0.3) is 0 Å². The van der Waals surface area contributed by atoms with Crippen LogP contribution < -0.4 is 0 Å². The van der Waals surface area contributed by atoms with Crippen LogP contribution in [0.1, 0.15) is 21.9 Å². The molecule has 0 spiro atoms. The lowest BCUT2D eigenvalue weighted by Gasteiger charge is -2.19. The van der Waals surface area contributed by atoms with E-state index in [1.807, 2.05) is 42.5 Å². The van der Waals surface area contributed by atoms with Crippen LogP contribution in [0.2, 0.25) is 10.0 Å². The van der Waals surface area contributed by atoms with E-state index in [9.17, 15) is 13.2 Å². The van der Waals surface area contributed by atoms with Crippen LogP contribution in [0.15, 0.2) is 108 Å². The van der Waals surface area contributed by atoms with Gasteiger partial charge in [0.2, 0.25) is 0 Å². The van der Waals surface area contributed by atoms with Crippen LogP contribution in [-0.2, 0) is 6.18 Å². The summed E-state index contributed by atoms with van der Waals surface area (Å²) in [7, 11) is 0. The molecule has 0 fully saturated rings. The van der Waals surface area contributed by atoms with Gasteiger partial charge in [0.1, 0.15) is 0 Å². The normalized spacial score (nSPS) is 12.5. The van der Waals surface area contributed by atoms with E-state index < -0.39 is 11.7 Å². The van der Waals surface area contributed by atoms with Crippen LogP contribution in [0.3, 0.4) is 0 Å². The van der Waals surface area contributed by atoms with Crippen molar-refractivity contribution < 1.29 is 13.2 Å². The van der Waals surface area contributed by atoms with Crippen molar-refractivity contribution in [1.82, 2.24) is 14.8 Å². The molecule has 0 aliphatic rings. The van der Waals surface area contributed by atoms with E-state index in [0.717, 1.165) is 23.3 Å². The molecule has 0 bridgehead atoms. The third-order valence-electron chi connectivity index (χ3n) is 5.68. The third kappa shape index (κ3) is 5.54. The van der Waals surface area contributed by atoms with E-state index in [0.29, 0.717) is 26.6 Å². The molecule has 1 aromatic heterocycles. The van der Waals surface area contributed by atoms with Crippen LogP contribution in [0.5, 0.6) is 0 Å². The van der Waals surface area contributed by atoms with Crippen molar-refractivity contribution in [3.8, 4) is 17.1 Å². The maximum atomic E-state index is 13.6. The Balaban J connectivity index is 1.68. The Hall–Kier alpha value is -3.26. The van der Waals surface area contributed by atoms with E-state index in [2.05, 4.69) is 10.2 Å². The standard InChI is InChI=1S/C28H18Cl2F3N3S/c29-21-15-13-19(14-16-21)25(18-7-2-1-3-8-18)37-27-35-34-26(23-11-4-5-12-24(23)30)36(27)22-10-6-9-20(17-22)28(31,32)33/h1-17,25H. The van der Waals surface area contributed by atoms with Crippen LogP contribution >= 0.6 is 35.0 Å². The summed E-state index contributed by atoms with van der Waals surface area (Å²) < 4.78 is 42.4. The quantitative estimate of drug-likeness (QED) is 0.196. The fourth-order valence-electron chi connectivity index (χ4n) is 3.92. The third-order valence-corrected chi connectivity index (χ3v) is 7.51. The highest BCUT2D eigenvalue weighted by atomic mass is 35.5. The molecular weight excluding hydrogens is 538 g/mol. The number of rotatable bonds is 6. The summed E-state index contributed by atoms with van der Waals surface area (Å²) in [6.45, 7) is 0. The van der Waals surface area contributed by atoms with E-state index in [1.165, 1.54) is 17.8 Å². The molecule has 3 nitrogen and oxygen atoms in total. The summed E-state index contributed by atoms with van der Waals surface area (Å²) in [5.74, 6) is 0.343. The fourth-order valence-corrected chi connectivity index (χ4v) is 5.45. The van der Waals surface area contributed by atoms with Crippen molar-refractivity contribution >= 4 is 35.0 Å². The molecule has 9 heteroatoms. The van der Waals surface area contributed by atoms with Gasteiger partial charge in [-0.2, -0.15) is 13.2 Å². The molecule has 0 N–H and O–H groups in total. The second kappa shape index (κ2) is 10.6. The lowest BCUT2D eigenvalue weighted by molar-refractivity contribution is -0.137. The van der Waals surface area contributed by atoms with E-state index in [-0.39, 0.29) is 10.9 Å². The zero-order chi connectivity index (χ0) is 26.0. The lowest BCUT2D eigenvalue weighted by atomic mass is 10.0. The number of aromatic nitrogens is 3. The highest BCUT2D eigenvalue weighted by Gasteiger charge is 2.31. The molecule has 0 amide bonds. The summed E-state index contributed by atoms with van der Waals surface area (Å²) in [5.41, 5.74) is 2.02. The van der Waals surface area contributed by atoms with Crippen LogP contribution in [0.4, 0.5) is 13.2 Å². The average Bonchev–Trinajstić information content (AvgIpc) is 3.31. The highest BCUT2D eigenvalue weighted by molar-refractivity contribution is 7.99. The lowest BCUT2D eigenvalue weighted by Crippen LogP contribution is -2.08. The summed E-state index contributed by atoms with van der Waals surface area (Å²) >= 11 is 14.0. The first kappa shape index (κ1) is 25.4. The number of thioether (sulfide) groups is 1. The van der Waals surface area contributed by atoms with E-state index in [4.69, 9.17) is 23.2 Å². The van der Waals surface area contributed by atoms with Gasteiger partial charge in [-0.25, -0.2) is 0 Å².